The van der Waals surface area contributed by atoms with E-state index in [9.17, 15) is 8.42 Å². The van der Waals surface area contributed by atoms with Gasteiger partial charge in [-0.1, -0.05) is 12.1 Å². The summed E-state index contributed by atoms with van der Waals surface area (Å²) in [5, 5.41) is 8.81. The summed E-state index contributed by atoms with van der Waals surface area (Å²) < 4.78 is 22.4. The lowest BCUT2D eigenvalue weighted by molar-refractivity contribution is 0.268. The Bertz CT molecular complexity index is 419. The maximum atomic E-state index is 11.2. The molecule has 4 nitrogen and oxygen atoms in total. The van der Waals surface area contributed by atoms with E-state index < -0.39 is 15.9 Å². The van der Waals surface area contributed by atoms with Gasteiger partial charge >= 0.3 is 0 Å². The van der Waals surface area contributed by atoms with Crippen molar-refractivity contribution in [1.29, 1.82) is 0 Å². The molecule has 0 aromatic heterocycles. The zero-order chi connectivity index (χ0) is 10.8. The maximum Gasteiger partial charge on any atom is 0.175 e. The highest BCUT2D eigenvalue weighted by Crippen LogP contribution is 2.15. The van der Waals surface area contributed by atoms with Gasteiger partial charge in [-0.3, -0.25) is 0 Å². The van der Waals surface area contributed by atoms with E-state index in [2.05, 4.69) is 0 Å². The largest absolute Gasteiger partial charge is 0.394 e. The van der Waals surface area contributed by atoms with E-state index >= 15 is 0 Å². The van der Waals surface area contributed by atoms with Crippen molar-refractivity contribution in [2.45, 2.75) is 10.9 Å². The molecule has 0 heterocycles. The molecule has 1 atom stereocenters. The monoisotopic (exact) mass is 251 g/mol. The van der Waals surface area contributed by atoms with Crippen molar-refractivity contribution in [3.8, 4) is 0 Å². The van der Waals surface area contributed by atoms with Crippen LogP contribution in [0.1, 0.15) is 11.6 Å². The SMILES string of the molecule is CS(=O)(=O)c1cccc([C@H](N)CO)c1.Cl. The number of sulfone groups is 1. The van der Waals surface area contributed by atoms with E-state index in [0.29, 0.717) is 5.56 Å². The van der Waals surface area contributed by atoms with Gasteiger partial charge < -0.3 is 10.8 Å². The second-order valence-electron chi connectivity index (χ2n) is 3.13. The van der Waals surface area contributed by atoms with Crippen LogP contribution < -0.4 is 5.73 Å². The van der Waals surface area contributed by atoms with Crippen LogP contribution in [0.3, 0.4) is 0 Å². The molecule has 0 amide bonds. The van der Waals surface area contributed by atoms with E-state index in [1.807, 2.05) is 0 Å². The van der Waals surface area contributed by atoms with Crippen LogP contribution in [-0.2, 0) is 9.84 Å². The highest BCUT2D eigenvalue weighted by molar-refractivity contribution is 7.90. The topological polar surface area (TPSA) is 80.4 Å². The van der Waals surface area contributed by atoms with Crippen LogP contribution in [0.5, 0.6) is 0 Å². The summed E-state index contributed by atoms with van der Waals surface area (Å²) in [6.07, 6.45) is 1.14. The molecule has 86 valence electrons. The summed E-state index contributed by atoms with van der Waals surface area (Å²) in [4.78, 5) is 0.221. The fourth-order valence-corrected chi connectivity index (χ4v) is 1.76. The van der Waals surface area contributed by atoms with Gasteiger partial charge in [0, 0.05) is 6.26 Å². The van der Waals surface area contributed by atoms with E-state index in [0.717, 1.165) is 6.26 Å². The third kappa shape index (κ3) is 3.79. The summed E-state index contributed by atoms with van der Waals surface area (Å²) in [5.74, 6) is 0. The van der Waals surface area contributed by atoms with Crippen LogP contribution in [0.4, 0.5) is 0 Å². The standard InChI is InChI=1S/C9H13NO3S.ClH/c1-14(12,13)8-4-2-3-7(5-8)9(10)6-11;/h2-5,9,11H,6,10H2,1H3;1H/t9-;/m1./s1. The van der Waals surface area contributed by atoms with Gasteiger partial charge in [-0.2, -0.15) is 0 Å². The molecule has 0 aliphatic carbocycles. The van der Waals surface area contributed by atoms with Crippen molar-refractivity contribution >= 4 is 22.2 Å². The number of aliphatic hydroxyl groups is 1. The second-order valence-corrected chi connectivity index (χ2v) is 5.15. The number of aliphatic hydroxyl groups excluding tert-OH is 1. The van der Waals surface area contributed by atoms with Crippen LogP contribution in [-0.4, -0.2) is 26.4 Å². The Labute approximate surface area is 95.4 Å². The minimum absolute atomic E-state index is 0. The summed E-state index contributed by atoms with van der Waals surface area (Å²) in [7, 11) is -3.20. The Morgan fingerprint density at radius 2 is 2.07 bits per heavy atom. The average molecular weight is 252 g/mol. The van der Waals surface area contributed by atoms with Crippen molar-refractivity contribution in [1.82, 2.24) is 0 Å². The van der Waals surface area contributed by atoms with E-state index in [1.54, 1.807) is 12.1 Å². The Balaban J connectivity index is 0.00000196. The number of nitrogens with two attached hydrogens (primary N) is 1. The van der Waals surface area contributed by atoms with Gasteiger partial charge in [0.1, 0.15) is 0 Å². The van der Waals surface area contributed by atoms with Crippen molar-refractivity contribution in [2.75, 3.05) is 12.9 Å². The lowest BCUT2D eigenvalue weighted by Crippen LogP contribution is -2.14. The first-order valence-corrected chi connectivity index (χ1v) is 6.00. The highest BCUT2D eigenvalue weighted by Gasteiger charge is 2.10. The molecule has 0 fully saturated rings. The summed E-state index contributed by atoms with van der Waals surface area (Å²) in [6, 6.07) is 5.76. The van der Waals surface area contributed by atoms with Crippen molar-refractivity contribution in [2.24, 2.45) is 5.73 Å². The highest BCUT2D eigenvalue weighted by atomic mass is 35.5. The predicted molar refractivity (Wildman–Crippen MR) is 60.8 cm³/mol. The first-order valence-electron chi connectivity index (χ1n) is 4.11. The first kappa shape index (κ1) is 14.4. The Morgan fingerprint density at radius 3 is 2.53 bits per heavy atom. The summed E-state index contributed by atoms with van der Waals surface area (Å²) in [5.41, 5.74) is 6.18. The number of benzene rings is 1. The fourth-order valence-electron chi connectivity index (χ4n) is 1.08. The Morgan fingerprint density at radius 1 is 1.47 bits per heavy atom. The van der Waals surface area contributed by atoms with Crippen LogP contribution in [0.15, 0.2) is 29.2 Å². The molecule has 0 bridgehead atoms. The van der Waals surface area contributed by atoms with E-state index in [-0.39, 0.29) is 23.9 Å². The lowest BCUT2D eigenvalue weighted by Gasteiger charge is -2.09. The number of hydrogen-bond acceptors (Lipinski definition) is 4. The van der Waals surface area contributed by atoms with Crippen LogP contribution >= 0.6 is 12.4 Å². The summed E-state index contributed by atoms with van der Waals surface area (Å²) in [6.45, 7) is -0.201. The molecule has 0 aliphatic rings. The molecule has 6 heteroatoms. The van der Waals surface area contributed by atoms with Gasteiger partial charge in [0.05, 0.1) is 17.5 Å². The molecule has 0 unspecified atom stereocenters. The molecule has 1 aromatic carbocycles. The van der Waals surface area contributed by atoms with E-state index in [1.165, 1.54) is 12.1 Å². The minimum Gasteiger partial charge on any atom is -0.394 e. The minimum atomic E-state index is -3.20. The third-order valence-electron chi connectivity index (χ3n) is 1.91. The zero-order valence-electron chi connectivity index (χ0n) is 8.25. The van der Waals surface area contributed by atoms with Gasteiger partial charge in [-0.05, 0) is 17.7 Å². The van der Waals surface area contributed by atoms with Crippen LogP contribution in [0.2, 0.25) is 0 Å². The molecule has 0 radical (unpaired) electrons. The molecule has 0 spiro atoms. The zero-order valence-corrected chi connectivity index (χ0v) is 9.88. The normalized spacial score (nSPS) is 13.0. The fraction of sp³-hybridized carbons (Fsp3) is 0.333. The molecule has 1 aromatic rings. The Hall–Kier alpha value is -0.620. The predicted octanol–water partition coefficient (Wildman–Crippen LogP) is 0.504. The van der Waals surface area contributed by atoms with Crippen LogP contribution in [0.25, 0.3) is 0 Å². The van der Waals surface area contributed by atoms with Gasteiger partial charge in [-0.15, -0.1) is 12.4 Å². The molecule has 15 heavy (non-hydrogen) atoms. The van der Waals surface area contributed by atoms with Crippen molar-refractivity contribution in [3.63, 3.8) is 0 Å². The van der Waals surface area contributed by atoms with Gasteiger partial charge in [-0.25, -0.2) is 8.42 Å². The molecule has 1 rings (SSSR count). The van der Waals surface area contributed by atoms with Crippen molar-refractivity contribution < 1.29 is 13.5 Å². The summed E-state index contributed by atoms with van der Waals surface area (Å²) >= 11 is 0. The Kier molecular flexibility index (Phi) is 5.23. The van der Waals surface area contributed by atoms with E-state index in [4.69, 9.17) is 10.8 Å². The van der Waals surface area contributed by atoms with Crippen molar-refractivity contribution in [3.05, 3.63) is 29.8 Å². The maximum absolute atomic E-state index is 11.2. The average Bonchev–Trinajstić information content (AvgIpc) is 2.15. The molecule has 3 N–H and O–H groups in total. The number of hydrogen-bond donors (Lipinski definition) is 2. The van der Waals surface area contributed by atoms with Gasteiger partial charge in [0.2, 0.25) is 0 Å². The van der Waals surface area contributed by atoms with Crippen LogP contribution in [0, 0.1) is 0 Å². The third-order valence-corrected chi connectivity index (χ3v) is 3.02. The molecular weight excluding hydrogens is 238 g/mol. The first-order chi connectivity index (χ1) is 6.45. The molecular formula is C9H14ClNO3S. The van der Waals surface area contributed by atoms with Gasteiger partial charge in [0.25, 0.3) is 0 Å². The second kappa shape index (κ2) is 5.46. The number of rotatable bonds is 3. The number of halogens is 1. The molecule has 0 aliphatic heterocycles. The van der Waals surface area contributed by atoms with Gasteiger partial charge in [0.15, 0.2) is 9.84 Å². The smallest absolute Gasteiger partial charge is 0.175 e. The quantitative estimate of drug-likeness (QED) is 0.820. The molecule has 0 saturated heterocycles. The lowest BCUT2D eigenvalue weighted by atomic mass is 10.1. The molecule has 0 saturated carbocycles.